The van der Waals surface area contributed by atoms with Crippen molar-refractivity contribution in [2.24, 2.45) is 0 Å². The van der Waals surface area contributed by atoms with Crippen LogP contribution in [0.1, 0.15) is 5.56 Å². The SMILES string of the molecule is COC(=O)C1CSCN1Cc1ccc(O)cc1. The highest BCUT2D eigenvalue weighted by molar-refractivity contribution is 7.99. The molecule has 1 aliphatic heterocycles. The van der Waals surface area contributed by atoms with Gasteiger partial charge in [0.25, 0.3) is 0 Å². The Morgan fingerprint density at radius 1 is 1.53 bits per heavy atom. The van der Waals surface area contributed by atoms with Crippen molar-refractivity contribution in [1.29, 1.82) is 0 Å². The van der Waals surface area contributed by atoms with Gasteiger partial charge in [0.15, 0.2) is 0 Å². The summed E-state index contributed by atoms with van der Waals surface area (Å²) in [6, 6.07) is 6.90. The van der Waals surface area contributed by atoms with Crippen LogP contribution in [0, 0.1) is 0 Å². The number of carbonyl (C=O) groups excluding carboxylic acids is 1. The number of esters is 1. The maximum Gasteiger partial charge on any atom is 0.323 e. The van der Waals surface area contributed by atoms with Crippen LogP contribution in [0.4, 0.5) is 0 Å². The van der Waals surface area contributed by atoms with Gasteiger partial charge in [-0.15, -0.1) is 11.8 Å². The first-order chi connectivity index (χ1) is 8.20. The summed E-state index contributed by atoms with van der Waals surface area (Å²) < 4.78 is 4.79. The van der Waals surface area contributed by atoms with Crippen LogP contribution in [0.15, 0.2) is 24.3 Å². The molecule has 1 saturated heterocycles. The van der Waals surface area contributed by atoms with Crippen molar-refractivity contribution in [3.8, 4) is 5.75 Å². The molecule has 0 bridgehead atoms. The highest BCUT2D eigenvalue weighted by atomic mass is 32.2. The van der Waals surface area contributed by atoms with Crippen LogP contribution in [0.3, 0.4) is 0 Å². The molecule has 92 valence electrons. The van der Waals surface area contributed by atoms with Crippen molar-refractivity contribution < 1.29 is 14.6 Å². The van der Waals surface area contributed by atoms with Crippen molar-refractivity contribution in [2.45, 2.75) is 12.6 Å². The number of ether oxygens (including phenoxy) is 1. The normalized spacial score (nSPS) is 20.4. The van der Waals surface area contributed by atoms with Gasteiger partial charge >= 0.3 is 5.97 Å². The van der Waals surface area contributed by atoms with E-state index < -0.39 is 0 Å². The van der Waals surface area contributed by atoms with Crippen LogP contribution in [0.2, 0.25) is 0 Å². The molecule has 1 heterocycles. The maximum atomic E-state index is 11.6. The molecule has 1 aliphatic rings. The van der Waals surface area contributed by atoms with E-state index in [0.717, 1.165) is 17.2 Å². The van der Waals surface area contributed by atoms with E-state index >= 15 is 0 Å². The van der Waals surface area contributed by atoms with Gasteiger partial charge in [-0.25, -0.2) is 0 Å². The molecule has 1 aromatic rings. The Balaban J connectivity index is 2.02. The number of rotatable bonds is 3. The van der Waals surface area contributed by atoms with Gasteiger partial charge in [0.05, 0.1) is 7.11 Å². The van der Waals surface area contributed by atoms with Crippen molar-refractivity contribution in [2.75, 3.05) is 18.7 Å². The second-order valence-electron chi connectivity index (χ2n) is 3.95. The van der Waals surface area contributed by atoms with Crippen molar-refractivity contribution in [3.05, 3.63) is 29.8 Å². The standard InChI is InChI=1S/C12H15NO3S/c1-16-12(15)11-7-17-8-13(11)6-9-2-4-10(14)5-3-9/h2-5,11,14H,6-8H2,1H3. The van der Waals surface area contributed by atoms with E-state index in [-0.39, 0.29) is 17.8 Å². The van der Waals surface area contributed by atoms with Gasteiger partial charge in [0.1, 0.15) is 11.8 Å². The first kappa shape index (κ1) is 12.3. The molecular weight excluding hydrogens is 238 g/mol. The maximum absolute atomic E-state index is 11.6. The number of hydrogen-bond donors (Lipinski definition) is 1. The molecule has 0 spiro atoms. The van der Waals surface area contributed by atoms with Gasteiger partial charge in [-0.2, -0.15) is 0 Å². The Bertz CT molecular complexity index is 393. The monoisotopic (exact) mass is 253 g/mol. The fraction of sp³-hybridized carbons (Fsp3) is 0.417. The summed E-state index contributed by atoms with van der Waals surface area (Å²) in [6.07, 6.45) is 0. The predicted molar refractivity (Wildman–Crippen MR) is 66.8 cm³/mol. The summed E-state index contributed by atoms with van der Waals surface area (Å²) in [4.78, 5) is 13.6. The zero-order valence-corrected chi connectivity index (χ0v) is 10.4. The summed E-state index contributed by atoms with van der Waals surface area (Å²) in [7, 11) is 1.42. The number of thioether (sulfide) groups is 1. The lowest BCUT2D eigenvalue weighted by Crippen LogP contribution is -2.38. The lowest BCUT2D eigenvalue weighted by Gasteiger charge is -2.21. The lowest BCUT2D eigenvalue weighted by molar-refractivity contribution is -0.145. The zero-order chi connectivity index (χ0) is 12.3. The Labute approximate surface area is 105 Å². The predicted octanol–water partition coefficient (Wildman–Crippen LogP) is 1.44. The summed E-state index contributed by atoms with van der Waals surface area (Å²) >= 11 is 1.73. The summed E-state index contributed by atoms with van der Waals surface area (Å²) in [5.41, 5.74) is 1.08. The minimum absolute atomic E-state index is 0.154. The molecule has 17 heavy (non-hydrogen) atoms. The van der Waals surface area contributed by atoms with Crippen LogP contribution in [0.25, 0.3) is 0 Å². The zero-order valence-electron chi connectivity index (χ0n) is 9.63. The summed E-state index contributed by atoms with van der Waals surface area (Å²) in [6.45, 7) is 0.701. The second kappa shape index (κ2) is 5.42. The molecule has 5 heteroatoms. The molecular formula is C12H15NO3S. The fourth-order valence-electron chi connectivity index (χ4n) is 1.82. The number of aromatic hydroxyl groups is 1. The third kappa shape index (κ3) is 2.92. The second-order valence-corrected chi connectivity index (χ2v) is 4.95. The third-order valence-corrected chi connectivity index (χ3v) is 3.83. The number of phenols is 1. The molecule has 0 aliphatic carbocycles. The van der Waals surface area contributed by atoms with Gasteiger partial charge in [-0.05, 0) is 17.7 Å². The Morgan fingerprint density at radius 2 is 2.24 bits per heavy atom. The average Bonchev–Trinajstić information content (AvgIpc) is 2.79. The van der Waals surface area contributed by atoms with Gasteiger partial charge in [-0.3, -0.25) is 9.69 Å². The largest absolute Gasteiger partial charge is 0.508 e. The first-order valence-corrected chi connectivity index (χ1v) is 6.53. The number of carbonyl (C=O) groups is 1. The van der Waals surface area contributed by atoms with E-state index in [1.165, 1.54) is 7.11 Å². The third-order valence-electron chi connectivity index (χ3n) is 2.77. The van der Waals surface area contributed by atoms with Crippen molar-refractivity contribution in [1.82, 2.24) is 4.90 Å². The molecule has 1 atom stereocenters. The number of phenolic OH excluding ortho intramolecular Hbond substituents is 1. The van der Waals surface area contributed by atoms with E-state index in [0.29, 0.717) is 6.54 Å². The molecule has 4 nitrogen and oxygen atoms in total. The van der Waals surface area contributed by atoms with Crippen LogP contribution in [-0.2, 0) is 16.1 Å². The average molecular weight is 253 g/mol. The molecule has 1 N–H and O–H groups in total. The quantitative estimate of drug-likeness (QED) is 0.826. The molecule has 0 amide bonds. The van der Waals surface area contributed by atoms with Gasteiger partial charge < -0.3 is 9.84 Å². The van der Waals surface area contributed by atoms with Crippen molar-refractivity contribution in [3.63, 3.8) is 0 Å². The minimum atomic E-state index is -0.172. The number of nitrogens with zero attached hydrogens (tertiary/aromatic N) is 1. The molecule has 1 fully saturated rings. The lowest BCUT2D eigenvalue weighted by atomic mass is 10.2. The Morgan fingerprint density at radius 3 is 2.88 bits per heavy atom. The van der Waals surface area contributed by atoms with Gasteiger partial charge in [0.2, 0.25) is 0 Å². The molecule has 2 rings (SSSR count). The fourth-order valence-corrected chi connectivity index (χ4v) is 3.00. The molecule has 0 radical (unpaired) electrons. The van der Waals surface area contributed by atoms with Crippen LogP contribution >= 0.6 is 11.8 Å². The smallest absolute Gasteiger partial charge is 0.323 e. The highest BCUT2D eigenvalue weighted by Crippen LogP contribution is 2.24. The van der Waals surface area contributed by atoms with E-state index in [4.69, 9.17) is 4.74 Å². The molecule has 1 unspecified atom stereocenters. The number of methoxy groups -OCH3 is 1. The van der Waals surface area contributed by atoms with E-state index in [9.17, 15) is 9.90 Å². The minimum Gasteiger partial charge on any atom is -0.508 e. The Hall–Kier alpha value is -1.20. The Kier molecular flexibility index (Phi) is 3.91. The highest BCUT2D eigenvalue weighted by Gasteiger charge is 2.31. The molecule has 0 saturated carbocycles. The molecule has 1 aromatic carbocycles. The van der Waals surface area contributed by atoms with Crippen molar-refractivity contribution >= 4 is 17.7 Å². The summed E-state index contributed by atoms with van der Waals surface area (Å²) in [5.74, 6) is 1.70. The van der Waals surface area contributed by atoms with Gasteiger partial charge in [0, 0.05) is 18.2 Å². The summed E-state index contributed by atoms with van der Waals surface area (Å²) in [5, 5.41) is 9.20. The van der Waals surface area contributed by atoms with Crippen LogP contribution in [0.5, 0.6) is 5.75 Å². The number of benzene rings is 1. The number of hydrogen-bond acceptors (Lipinski definition) is 5. The van der Waals surface area contributed by atoms with E-state index in [1.54, 1.807) is 23.9 Å². The topological polar surface area (TPSA) is 49.8 Å². The van der Waals surface area contributed by atoms with Crippen LogP contribution < -0.4 is 0 Å². The first-order valence-electron chi connectivity index (χ1n) is 5.38. The van der Waals surface area contributed by atoms with Gasteiger partial charge in [-0.1, -0.05) is 12.1 Å². The molecule has 0 aromatic heterocycles. The van der Waals surface area contributed by atoms with E-state index in [1.807, 2.05) is 12.1 Å². The van der Waals surface area contributed by atoms with E-state index in [2.05, 4.69) is 4.90 Å². The van der Waals surface area contributed by atoms with Crippen LogP contribution in [-0.4, -0.2) is 40.8 Å².